The molecule has 5 rings (SSSR count). The van der Waals surface area contributed by atoms with Gasteiger partial charge in [0, 0.05) is 30.3 Å². The lowest BCUT2D eigenvalue weighted by Gasteiger charge is -2.35. The fourth-order valence-electron chi connectivity index (χ4n) is 5.83. The van der Waals surface area contributed by atoms with Crippen molar-refractivity contribution in [3.8, 4) is 45.7 Å². The summed E-state index contributed by atoms with van der Waals surface area (Å²) in [6.45, 7) is 9.04. The highest BCUT2D eigenvalue weighted by molar-refractivity contribution is 5.89. The zero-order valence-corrected chi connectivity index (χ0v) is 28.2. The molecule has 1 aliphatic rings. The van der Waals surface area contributed by atoms with Crippen molar-refractivity contribution in [3.63, 3.8) is 0 Å². The van der Waals surface area contributed by atoms with Crippen LogP contribution in [0.15, 0.2) is 66.7 Å². The van der Waals surface area contributed by atoms with Gasteiger partial charge in [0.2, 0.25) is 0 Å². The maximum absolute atomic E-state index is 15.1. The van der Waals surface area contributed by atoms with E-state index in [0.29, 0.717) is 72.4 Å². The smallest absolute Gasteiger partial charge is 0.407 e. The van der Waals surface area contributed by atoms with Gasteiger partial charge in [-0.15, -0.1) is 0 Å². The fraction of sp³-hybridized carbons (Fsp3) is 0.342. The third-order valence-electron chi connectivity index (χ3n) is 8.13. The van der Waals surface area contributed by atoms with Gasteiger partial charge in [0.05, 0.1) is 31.0 Å². The number of halogens is 1. The molecule has 1 fully saturated rings. The monoisotopic (exact) mass is 652 g/mol. The molecule has 1 aliphatic heterocycles. The third-order valence-corrected chi connectivity index (χ3v) is 8.13. The van der Waals surface area contributed by atoms with E-state index in [4.69, 9.17) is 23.9 Å². The number of piperidine rings is 1. The number of rotatable bonds is 9. The molecule has 0 unspecified atom stereocenters. The Morgan fingerprint density at radius 2 is 1.71 bits per heavy atom. The van der Waals surface area contributed by atoms with E-state index in [9.17, 15) is 10.1 Å². The Labute approximate surface area is 281 Å². The molecule has 1 amide bonds. The summed E-state index contributed by atoms with van der Waals surface area (Å²) < 4.78 is 38.5. The lowest BCUT2D eigenvalue weighted by Crippen LogP contribution is -2.46. The van der Waals surface area contributed by atoms with E-state index in [1.54, 1.807) is 20.3 Å². The molecule has 1 aromatic heterocycles. The molecule has 4 aromatic rings. The molecule has 3 aromatic carbocycles. The van der Waals surface area contributed by atoms with Crippen LogP contribution in [-0.2, 0) is 11.3 Å². The number of nitrogens with zero attached hydrogens (tertiary/aromatic N) is 3. The van der Waals surface area contributed by atoms with Crippen molar-refractivity contribution in [2.45, 2.75) is 58.8 Å². The van der Waals surface area contributed by atoms with Gasteiger partial charge in [-0.2, -0.15) is 5.26 Å². The summed E-state index contributed by atoms with van der Waals surface area (Å²) in [4.78, 5) is 19.7. The second-order valence-corrected chi connectivity index (χ2v) is 12.7. The first-order chi connectivity index (χ1) is 23.0. The number of aromatic nitrogens is 1. The number of nitriles is 1. The van der Waals surface area contributed by atoms with Crippen LogP contribution < -0.4 is 24.4 Å². The van der Waals surface area contributed by atoms with Gasteiger partial charge in [0.1, 0.15) is 35.7 Å². The number of amides is 1. The minimum atomic E-state index is -0.639. The second-order valence-electron chi connectivity index (χ2n) is 12.7. The molecule has 0 atom stereocenters. The number of alkyl carbamates (subject to hydrolysis) is 1. The zero-order chi connectivity index (χ0) is 34.4. The van der Waals surface area contributed by atoms with Gasteiger partial charge in [-0.3, -0.25) is 0 Å². The van der Waals surface area contributed by atoms with Gasteiger partial charge in [-0.1, -0.05) is 42.5 Å². The molecule has 10 heteroatoms. The van der Waals surface area contributed by atoms with Gasteiger partial charge in [-0.25, -0.2) is 14.2 Å². The second kappa shape index (κ2) is 14.6. The van der Waals surface area contributed by atoms with E-state index in [1.807, 2.05) is 82.3 Å². The van der Waals surface area contributed by atoms with Crippen LogP contribution in [0.3, 0.4) is 0 Å². The van der Waals surface area contributed by atoms with Crippen molar-refractivity contribution in [3.05, 3.63) is 89.2 Å². The molecule has 1 saturated heterocycles. The summed E-state index contributed by atoms with van der Waals surface area (Å²) >= 11 is 0. The SMILES string of the molecule is COc1ccc(-c2c(-c3ccc(C#N)c(F)c3)nc(N3CCC(NC(=O)OC(C)(C)C)CC3)c(C)c2OC)cc1OCc1ccccc1. The van der Waals surface area contributed by atoms with Gasteiger partial charge >= 0.3 is 6.09 Å². The van der Waals surface area contributed by atoms with Gasteiger partial charge in [-0.05, 0) is 75.9 Å². The van der Waals surface area contributed by atoms with Crippen LogP contribution in [-0.4, -0.2) is 50.0 Å². The highest BCUT2D eigenvalue weighted by Gasteiger charge is 2.29. The Kier molecular flexibility index (Phi) is 10.4. The minimum absolute atomic E-state index is 0.0433. The van der Waals surface area contributed by atoms with Crippen LogP contribution in [0.2, 0.25) is 0 Å². The number of methoxy groups -OCH3 is 2. The summed E-state index contributed by atoms with van der Waals surface area (Å²) in [6, 6.07) is 21.8. The Hall–Kier alpha value is -5.30. The van der Waals surface area contributed by atoms with Crippen molar-refractivity contribution < 1.29 is 28.1 Å². The molecule has 0 radical (unpaired) electrons. The molecule has 9 nitrogen and oxygen atoms in total. The first-order valence-electron chi connectivity index (χ1n) is 15.9. The number of benzene rings is 3. The van der Waals surface area contributed by atoms with Crippen LogP contribution >= 0.6 is 0 Å². The normalized spacial score (nSPS) is 13.4. The van der Waals surface area contributed by atoms with Crippen LogP contribution in [0.4, 0.5) is 15.0 Å². The highest BCUT2D eigenvalue weighted by Crippen LogP contribution is 2.46. The van der Waals surface area contributed by atoms with E-state index in [1.165, 1.54) is 12.1 Å². The topological polar surface area (TPSA) is 106 Å². The average molecular weight is 653 g/mol. The predicted molar refractivity (Wildman–Crippen MR) is 183 cm³/mol. The first kappa shape index (κ1) is 34.0. The molecule has 0 saturated carbocycles. The number of carbonyl (C=O) groups is 1. The summed E-state index contributed by atoms with van der Waals surface area (Å²) in [5, 5.41) is 12.4. The number of hydrogen-bond acceptors (Lipinski definition) is 8. The number of hydrogen-bond donors (Lipinski definition) is 1. The Balaban J connectivity index is 1.55. The van der Waals surface area contributed by atoms with Crippen molar-refractivity contribution in [1.29, 1.82) is 5.26 Å². The maximum atomic E-state index is 15.1. The Morgan fingerprint density at radius 1 is 1.00 bits per heavy atom. The first-order valence-corrected chi connectivity index (χ1v) is 15.9. The summed E-state index contributed by atoms with van der Waals surface area (Å²) in [6.07, 6.45) is 0.940. The highest BCUT2D eigenvalue weighted by atomic mass is 19.1. The largest absolute Gasteiger partial charge is 0.496 e. The molecule has 250 valence electrons. The summed E-state index contributed by atoms with van der Waals surface area (Å²) in [5.74, 6) is 1.72. The number of carbonyl (C=O) groups excluding carboxylic acids is 1. The maximum Gasteiger partial charge on any atom is 0.407 e. The lowest BCUT2D eigenvalue weighted by atomic mass is 9.94. The lowest BCUT2D eigenvalue weighted by molar-refractivity contribution is 0.0497. The minimum Gasteiger partial charge on any atom is -0.496 e. The van der Waals surface area contributed by atoms with Crippen molar-refractivity contribution in [2.75, 3.05) is 32.2 Å². The van der Waals surface area contributed by atoms with Gasteiger partial charge in [0.25, 0.3) is 0 Å². The van der Waals surface area contributed by atoms with Crippen LogP contribution in [0, 0.1) is 24.1 Å². The standard InChI is InChI=1S/C38H41FN4O5/c1-24-35(46-6)33(26-14-15-31(45-5)32(21-26)47-23-25-10-8-7-9-11-25)34(27-12-13-28(22-40)30(39)20-27)42-36(24)43-18-16-29(17-19-43)41-37(44)48-38(2,3)4/h7-15,20-21,29H,16-19,23H2,1-6H3,(H,41,44). The van der Waals surface area contributed by atoms with E-state index in [0.717, 1.165) is 16.7 Å². The zero-order valence-electron chi connectivity index (χ0n) is 28.2. The van der Waals surface area contributed by atoms with Crippen molar-refractivity contribution in [1.82, 2.24) is 10.3 Å². The van der Waals surface area contributed by atoms with Crippen molar-refractivity contribution >= 4 is 11.9 Å². The summed E-state index contributed by atoms with van der Waals surface area (Å²) in [7, 11) is 3.19. The number of nitrogens with one attached hydrogen (secondary N) is 1. The van der Waals surface area contributed by atoms with Gasteiger partial charge < -0.3 is 29.2 Å². The Morgan fingerprint density at radius 3 is 2.33 bits per heavy atom. The molecule has 0 aliphatic carbocycles. The molecule has 2 heterocycles. The Bertz CT molecular complexity index is 1810. The molecule has 48 heavy (non-hydrogen) atoms. The van der Waals surface area contributed by atoms with E-state index in [-0.39, 0.29) is 11.6 Å². The molecular weight excluding hydrogens is 611 g/mol. The molecule has 1 N–H and O–H groups in total. The number of ether oxygens (including phenoxy) is 4. The molecule has 0 bridgehead atoms. The van der Waals surface area contributed by atoms with Crippen LogP contribution in [0.1, 0.15) is 50.3 Å². The predicted octanol–water partition coefficient (Wildman–Crippen LogP) is 7.82. The quantitative estimate of drug-likeness (QED) is 0.195. The van der Waals surface area contributed by atoms with E-state index in [2.05, 4.69) is 10.2 Å². The summed E-state index contributed by atoms with van der Waals surface area (Å²) in [5.41, 5.74) is 3.54. The number of pyridine rings is 1. The average Bonchev–Trinajstić information content (AvgIpc) is 3.07. The van der Waals surface area contributed by atoms with Gasteiger partial charge in [0.15, 0.2) is 11.5 Å². The van der Waals surface area contributed by atoms with E-state index >= 15 is 4.39 Å². The molecule has 0 spiro atoms. The van der Waals surface area contributed by atoms with Crippen LogP contribution in [0.5, 0.6) is 17.2 Å². The van der Waals surface area contributed by atoms with Crippen molar-refractivity contribution in [2.24, 2.45) is 0 Å². The van der Waals surface area contributed by atoms with E-state index < -0.39 is 17.5 Å². The van der Waals surface area contributed by atoms with Crippen LogP contribution in [0.25, 0.3) is 22.4 Å². The fourth-order valence-corrected chi connectivity index (χ4v) is 5.83. The molecular formula is C38H41FN4O5. The third kappa shape index (κ3) is 7.80. The number of anilines is 1.